The SMILES string of the molecule is CSc1ccc(C(=O)[C@H]2CN(C)C[C@@H]2CCc2cc(C)c(OC(C)(C)C(C)=O)c(C)c2)cc1. The summed E-state index contributed by atoms with van der Waals surface area (Å²) in [6, 6.07) is 12.3. The van der Waals surface area contributed by atoms with Crippen molar-refractivity contribution in [1.82, 2.24) is 4.90 Å². The predicted octanol–water partition coefficient (Wildman–Crippen LogP) is 5.77. The molecule has 0 N–H and O–H groups in total. The lowest BCUT2D eigenvalue weighted by Gasteiger charge is -2.26. The van der Waals surface area contributed by atoms with Gasteiger partial charge in [0.1, 0.15) is 5.75 Å². The molecule has 3 rings (SSSR count). The molecule has 2 aromatic carbocycles. The molecule has 1 saturated heterocycles. The zero-order valence-corrected chi connectivity index (χ0v) is 21.8. The molecule has 1 aliphatic heterocycles. The highest BCUT2D eigenvalue weighted by Gasteiger charge is 2.36. The van der Waals surface area contributed by atoms with E-state index in [9.17, 15) is 9.59 Å². The van der Waals surface area contributed by atoms with Gasteiger partial charge in [-0.15, -0.1) is 11.8 Å². The van der Waals surface area contributed by atoms with Crippen LogP contribution >= 0.6 is 11.8 Å². The van der Waals surface area contributed by atoms with Crippen molar-refractivity contribution in [2.24, 2.45) is 11.8 Å². The van der Waals surface area contributed by atoms with Crippen molar-refractivity contribution >= 4 is 23.3 Å². The summed E-state index contributed by atoms with van der Waals surface area (Å²) in [4.78, 5) is 28.6. The van der Waals surface area contributed by atoms with Crippen LogP contribution < -0.4 is 4.74 Å². The number of ketones is 2. The average Bonchev–Trinajstić information content (AvgIpc) is 3.14. The maximum Gasteiger partial charge on any atom is 0.172 e. The van der Waals surface area contributed by atoms with Crippen LogP contribution in [0.4, 0.5) is 0 Å². The second-order valence-electron chi connectivity index (χ2n) is 9.95. The first-order valence-corrected chi connectivity index (χ1v) is 12.9. The fraction of sp³-hybridized carbons (Fsp3) is 0.500. The van der Waals surface area contributed by atoms with Gasteiger partial charge in [-0.2, -0.15) is 0 Å². The number of rotatable bonds is 9. The van der Waals surface area contributed by atoms with Gasteiger partial charge in [0.2, 0.25) is 0 Å². The molecule has 178 valence electrons. The Hall–Kier alpha value is -2.11. The molecule has 0 unspecified atom stereocenters. The van der Waals surface area contributed by atoms with Gasteiger partial charge in [-0.05, 0) is 95.5 Å². The molecule has 5 heteroatoms. The highest BCUT2D eigenvalue weighted by atomic mass is 32.2. The molecule has 0 aromatic heterocycles. The lowest BCUT2D eigenvalue weighted by atomic mass is 9.84. The number of Topliss-reactive ketones (excluding diaryl/α,β-unsaturated/α-hetero) is 2. The molecule has 0 spiro atoms. The maximum atomic E-state index is 13.3. The minimum Gasteiger partial charge on any atom is -0.480 e. The Labute approximate surface area is 203 Å². The van der Waals surface area contributed by atoms with Gasteiger partial charge in [0.25, 0.3) is 0 Å². The van der Waals surface area contributed by atoms with Crippen molar-refractivity contribution in [3.05, 3.63) is 58.7 Å². The van der Waals surface area contributed by atoms with E-state index in [-0.39, 0.29) is 17.5 Å². The third kappa shape index (κ3) is 6.07. The minimum atomic E-state index is -0.840. The zero-order chi connectivity index (χ0) is 24.3. The molecule has 4 nitrogen and oxygen atoms in total. The first kappa shape index (κ1) is 25.5. The van der Waals surface area contributed by atoms with Crippen molar-refractivity contribution in [2.75, 3.05) is 26.4 Å². The molecular weight excluding hydrogens is 430 g/mol. The lowest BCUT2D eigenvalue weighted by Crippen LogP contribution is -2.36. The van der Waals surface area contributed by atoms with E-state index in [2.05, 4.69) is 24.1 Å². The second-order valence-corrected chi connectivity index (χ2v) is 10.8. The molecule has 0 radical (unpaired) electrons. The van der Waals surface area contributed by atoms with E-state index in [0.717, 1.165) is 48.4 Å². The maximum absolute atomic E-state index is 13.3. The van der Waals surface area contributed by atoms with E-state index in [4.69, 9.17) is 4.74 Å². The first-order valence-electron chi connectivity index (χ1n) is 11.7. The van der Waals surface area contributed by atoms with Gasteiger partial charge >= 0.3 is 0 Å². The predicted molar refractivity (Wildman–Crippen MR) is 137 cm³/mol. The van der Waals surface area contributed by atoms with Crippen LogP contribution in [0.25, 0.3) is 0 Å². The summed E-state index contributed by atoms with van der Waals surface area (Å²) in [7, 11) is 2.11. The van der Waals surface area contributed by atoms with Gasteiger partial charge < -0.3 is 9.64 Å². The summed E-state index contributed by atoms with van der Waals surface area (Å²) in [5.41, 5.74) is 3.32. The van der Waals surface area contributed by atoms with Crippen molar-refractivity contribution < 1.29 is 14.3 Å². The van der Waals surface area contributed by atoms with Crippen molar-refractivity contribution in [2.45, 2.75) is 58.0 Å². The molecule has 2 aromatic rings. The Bertz CT molecular complexity index is 989. The zero-order valence-electron chi connectivity index (χ0n) is 21.0. The molecular formula is C28H37NO3S. The van der Waals surface area contributed by atoms with E-state index in [0.29, 0.717) is 5.92 Å². The number of ether oxygens (including phenoxy) is 1. The normalized spacial score (nSPS) is 19.0. The van der Waals surface area contributed by atoms with Gasteiger partial charge in [0.05, 0.1) is 0 Å². The number of benzene rings is 2. The van der Waals surface area contributed by atoms with Crippen LogP contribution in [0.1, 0.15) is 54.2 Å². The third-order valence-corrected chi connectivity index (χ3v) is 7.61. The molecule has 1 fully saturated rings. The Morgan fingerprint density at radius 3 is 2.24 bits per heavy atom. The van der Waals surface area contributed by atoms with Gasteiger partial charge in [-0.25, -0.2) is 0 Å². The van der Waals surface area contributed by atoms with Gasteiger partial charge in [0, 0.05) is 29.5 Å². The Balaban J connectivity index is 1.71. The Morgan fingerprint density at radius 1 is 1.09 bits per heavy atom. The molecule has 2 atom stereocenters. The summed E-state index contributed by atoms with van der Waals surface area (Å²) < 4.78 is 6.08. The number of aryl methyl sites for hydroxylation is 3. The van der Waals surface area contributed by atoms with Crippen molar-refractivity contribution in [1.29, 1.82) is 0 Å². The van der Waals surface area contributed by atoms with Crippen LogP contribution in [0.5, 0.6) is 5.75 Å². The number of likely N-dealkylation sites (tertiary alicyclic amines) is 1. The number of thioether (sulfide) groups is 1. The molecule has 1 aliphatic rings. The molecule has 33 heavy (non-hydrogen) atoms. The van der Waals surface area contributed by atoms with Crippen LogP contribution in [0.15, 0.2) is 41.3 Å². The van der Waals surface area contributed by atoms with E-state index >= 15 is 0 Å². The van der Waals surface area contributed by atoms with Crippen LogP contribution in [0.2, 0.25) is 0 Å². The Kier molecular flexibility index (Phi) is 8.07. The van der Waals surface area contributed by atoms with Crippen LogP contribution in [0, 0.1) is 25.7 Å². The highest BCUT2D eigenvalue weighted by molar-refractivity contribution is 7.98. The number of carbonyl (C=O) groups excluding carboxylic acids is 2. The number of nitrogens with zero attached hydrogens (tertiary/aromatic N) is 1. The molecule has 0 aliphatic carbocycles. The number of hydrogen-bond acceptors (Lipinski definition) is 5. The average molecular weight is 468 g/mol. The van der Waals surface area contributed by atoms with E-state index in [1.165, 1.54) is 10.5 Å². The number of carbonyl (C=O) groups is 2. The fourth-order valence-corrected chi connectivity index (χ4v) is 5.08. The Morgan fingerprint density at radius 2 is 1.70 bits per heavy atom. The third-order valence-electron chi connectivity index (χ3n) is 6.86. The first-order chi connectivity index (χ1) is 15.5. The number of hydrogen-bond donors (Lipinski definition) is 0. The smallest absolute Gasteiger partial charge is 0.172 e. The summed E-state index contributed by atoms with van der Waals surface area (Å²) in [6.45, 7) is 11.0. The standard InChI is InChI=1S/C28H37NO3S/c1-18-14-21(15-19(2)27(18)32-28(4,5)20(3)30)8-9-23-16-29(6)17-25(23)26(31)22-10-12-24(33-7)13-11-22/h10-15,23,25H,8-9,16-17H2,1-7H3/t23-,25-/m0/s1. The quantitative estimate of drug-likeness (QED) is 0.346. The minimum absolute atomic E-state index is 0.00882. The van der Waals surface area contributed by atoms with E-state index in [1.54, 1.807) is 18.7 Å². The largest absolute Gasteiger partial charge is 0.480 e. The second kappa shape index (κ2) is 10.4. The molecule has 0 amide bonds. The summed E-state index contributed by atoms with van der Waals surface area (Å²) >= 11 is 1.69. The summed E-state index contributed by atoms with van der Waals surface area (Å²) in [6.07, 6.45) is 3.94. The monoisotopic (exact) mass is 467 g/mol. The molecule has 0 bridgehead atoms. The van der Waals surface area contributed by atoms with Gasteiger partial charge in [-0.3, -0.25) is 9.59 Å². The van der Waals surface area contributed by atoms with Crippen molar-refractivity contribution in [3.63, 3.8) is 0 Å². The topological polar surface area (TPSA) is 46.6 Å². The summed E-state index contributed by atoms with van der Waals surface area (Å²) in [5, 5.41) is 0. The summed E-state index contributed by atoms with van der Waals surface area (Å²) in [5.74, 6) is 1.45. The van der Waals surface area contributed by atoms with Crippen LogP contribution in [0.3, 0.4) is 0 Å². The molecule has 0 saturated carbocycles. The van der Waals surface area contributed by atoms with E-state index in [1.807, 2.05) is 58.2 Å². The van der Waals surface area contributed by atoms with Crippen LogP contribution in [-0.4, -0.2) is 48.5 Å². The highest BCUT2D eigenvalue weighted by Crippen LogP contribution is 2.33. The van der Waals surface area contributed by atoms with Crippen LogP contribution in [-0.2, 0) is 11.2 Å². The lowest BCUT2D eigenvalue weighted by molar-refractivity contribution is -0.129. The molecule has 1 heterocycles. The van der Waals surface area contributed by atoms with Gasteiger partial charge in [0.15, 0.2) is 17.2 Å². The van der Waals surface area contributed by atoms with E-state index < -0.39 is 5.60 Å². The van der Waals surface area contributed by atoms with Gasteiger partial charge in [-0.1, -0.05) is 24.3 Å². The fourth-order valence-electron chi connectivity index (χ4n) is 4.67. The van der Waals surface area contributed by atoms with Crippen molar-refractivity contribution in [3.8, 4) is 5.75 Å².